The zero-order valence-corrected chi connectivity index (χ0v) is 13.1. The van der Waals surface area contributed by atoms with Crippen LogP contribution in [0.3, 0.4) is 0 Å². The molecule has 0 radical (unpaired) electrons. The maximum Gasteiger partial charge on any atom is 0.258 e. The summed E-state index contributed by atoms with van der Waals surface area (Å²) in [5.74, 6) is 2.95. The lowest BCUT2D eigenvalue weighted by atomic mass is 9.84. The van der Waals surface area contributed by atoms with Crippen molar-refractivity contribution < 1.29 is 9.53 Å². The standard InChI is InChI=1S/C17H22ClNO2/c1-11(16-8-12-5-6-13(16)7-12)19-17(20)10-21-15-4-2-3-14(18)9-15/h2-4,9,11-13,16H,5-8,10H2,1H3,(H,19,20)/t11-,12+,13+,16+/m0/s1. The average Bonchev–Trinajstić information content (AvgIpc) is 3.08. The number of carbonyl (C=O) groups excluding carboxylic acids is 1. The maximum atomic E-state index is 12.0. The van der Waals surface area contributed by atoms with E-state index in [-0.39, 0.29) is 18.6 Å². The van der Waals surface area contributed by atoms with Crippen LogP contribution in [0.1, 0.15) is 32.6 Å². The molecule has 0 saturated heterocycles. The van der Waals surface area contributed by atoms with E-state index >= 15 is 0 Å². The third-order valence-electron chi connectivity index (χ3n) is 4.99. The minimum absolute atomic E-state index is 0.0471. The van der Waals surface area contributed by atoms with Crippen LogP contribution in [0.25, 0.3) is 0 Å². The van der Waals surface area contributed by atoms with Gasteiger partial charge in [0.05, 0.1) is 0 Å². The Bertz CT molecular complexity index is 519. The molecular weight excluding hydrogens is 286 g/mol. The second-order valence-corrected chi connectivity index (χ2v) is 6.88. The minimum Gasteiger partial charge on any atom is -0.484 e. The Morgan fingerprint density at radius 1 is 1.43 bits per heavy atom. The number of fused-ring (bicyclic) bond motifs is 2. The molecule has 4 heteroatoms. The third-order valence-corrected chi connectivity index (χ3v) is 5.22. The van der Waals surface area contributed by atoms with Gasteiger partial charge in [0.2, 0.25) is 0 Å². The summed E-state index contributed by atoms with van der Waals surface area (Å²) in [6, 6.07) is 7.36. The maximum absolute atomic E-state index is 12.0. The van der Waals surface area contributed by atoms with Crippen molar-refractivity contribution in [3.8, 4) is 5.75 Å². The van der Waals surface area contributed by atoms with Gasteiger partial charge in [0.15, 0.2) is 6.61 Å². The van der Waals surface area contributed by atoms with Crippen molar-refractivity contribution in [2.24, 2.45) is 17.8 Å². The molecule has 0 spiro atoms. The Balaban J connectivity index is 1.46. The molecule has 2 aliphatic carbocycles. The number of ether oxygens (including phenoxy) is 1. The van der Waals surface area contributed by atoms with Crippen LogP contribution in [-0.4, -0.2) is 18.6 Å². The highest BCUT2D eigenvalue weighted by atomic mass is 35.5. The van der Waals surface area contributed by atoms with Crippen molar-refractivity contribution in [3.63, 3.8) is 0 Å². The number of benzene rings is 1. The Hall–Kier alpha value is -1.22. The van der Waals surface area contributed by atoms with Crippen molar-refractivity contribution in [2.75, 3.05) is 6.61 Å². The van der Waals surface area contributed by atoms with Crippen LogP contribution in [0.4, 0.5) is 0 Å². The number of rotatable bonds is 5. The lowest BCUT2D eigenvalue weighted by Crippen LogP contribution is -2.42. The molecule has 1 aromatic rings. The van der Waals surface area contributed by atoms with Crippen LogP contribution in [0.2, 0.25) is 5.02 Å². The van der Waals surface area contributed by atoms with Crippen LogP contribution in [0.15, 0.2) is 24.3 Å². The van der Waals surface area contributed by atoms with Gasteiger partial charge in [-0.3, -0.25) is 4.79 Å². The monoisotopic (exact) mass is 307 g/mol. The quantitative estimate of drug-likeness (QED) is 0.901. The number of hydrogen-bond acceptors (Lipinski definition) is 2. The molecule has 2 saturated carbocycles. The molecule has 2 aliphatic rings. The van der Waals surface area contributed by atoms with Gasteiger partial charge in [-0.15, -0.1) is 0 Å². The molecule has 21 heavy (non-hydrogen) atoms. The molecule has 0 unspecified atom stereocenters. The molecule has 0 aromatic heterocycles. The van der Waals surface area contributed by atoms with E-state index in [1.165, 1.54) is 25.7 Å². The number of amides is 1. The van der Waals surface area contributed by atoms with E-state index in [9.17, 15) is 4.79 Å². The summed E-state index contributed by atoms with van der Waals surface area (Å²) in [6.07, 6.45) is 5.37. The number of halogens is 1. The first-order valence-electron chi connectivity index (χ1n) is 7.79. The highest BCUT2D eigenvalue weighted by Crippen LogP contribution is 2.49. The molecule has 0 heterocycles. The van der Waals surface area contributed by atoms with Gasteiger partial charge < -0.3 is 10.1 Å². The lowest BCUT2D eigenvalue weighted by Gasteiger charge is -2.28. The van der Waals surface area contributed by atoms with Gasteiger partial charge in [-0.05, 0) is 62.1 Å². The van der Waals surface area contributed by atoms with E-state index in [1.54, 1.807) is 18.2 Å². The highest BCUT2D eigenvalue weighted by molar-refractivity contribution is 6.30. The lowest BCUT2D eigenvalue weighted by molar-refractivity contribution is -0.124. The van der Waals surface area contributed by atoms with Crippen LogP contribution in [-0.2, 0) is 4.79 Å². The largest absolute Gasteiger partial charge is 0.484 e. The second-order valence-electron chi connectivity index (χ2n) is 6.44. The predicted octanol–water partition coefficient (Wildman–Crippen LogP) is 3.66. The Morgan fingerprint density at radius 2 is 2.29 bits per heavy atom. The van der Waals surface area contributed by atoms with E-state index in [4.69, 9.17) is 16.3 Å². The molecule has 1 aromatic carbocycles. The van der Waals surface area contributed by atoms with Crippen molar-refractivity contribution in [2.45, 2.75) is 38.6 Å². The van der Waals surface area contributed by atoms with Crippen LogP contribution in [0.5, 0.6) is 5.75 Å². The number of hydrogen-bond donors (Lipinski definition) is 1. The molecule has 3 rings (SSSR count). The van der Waals surface area contributed by atoms with E-state index in [1.807, 2.05) is 6.07 Å². The molecule has 2 fully saturated rings. The van der Waals surface area contributed by atoms with Gasteiger partial charge in [0.25, 0.3) is 5.91 Å². The average molecular weight is 308 g/mol. The van der Waals surface area contributed by atoms with Gasteiger partial charge >= 0.3 is 0 Å². The summed E-state index contributed by atoms with van der Waals surface area (Å²) in [4.78, 5) is 12.0. The fourth-order valence-corrected chi connectivity index (χ4v) is 4.19. The topological polar surface area (TPSA) is 38.3 Å². The first-order chi connectivity index (χ1) is 10.1. The predicted molar refractivity (Wildman–Crippen MR) is 83.5 cm³/mol. The van der Waals surface area contributed by atoms with Crippen LogP contribution in [0, 0.1) is 17.8 Å². The zero-order chi connectivity index (χ0) is 14.8. The van der Waals surface area contributed by atoms with Crippen molar-refractivity contribution in [3.05, 3.63) is 29.3 Å². The minimum atomic E-state index is -0.0507. The summed E-state index contributed by atoms with van der Waals surface area (Å²) < 4.78 is 5.48. The summed E-state index contributed by atoms with van der Waals surface area (Å²) in [6.45, 7) is 2.17. The number of carbonyl (C=O) groups is 1. The number of nitrogens with one attached hydrogen (secondary N) is 1. The molecule has 3 nitrogen and oxygen atoms in total. The Kier molecular flexibility index (Phi) is 4.39. The second kappa shape index (κ2) is 6.27. The molecule has 2 bridgehead atoms. The summed E-state index contributed by atoms with van der Waals surface area (Å²) in [5.41, 5.74) is 0. The van der Waals surface area contributed by atoms with E-state index in [0.29, 0.717) is 16.7 Å². The normalized spacial score (nSPS) is 28.4. The summed E-state index contributed by atoms with van der Waals surface area (Å²) in [5, 5.41) is 3.71. The smallest absolute Gasteiger partial charge is 0.258 e. The van der Waals surface area contributed by atoms with Gasteiger partial charge in [0.1, 0.15) is 5.75 Å². The van der Waals surface area contributed by atoms with Crippen LogP contribution >= 0.6 is 11.6 Å². The highest BCUT2D eigenvalue weighted by Gasteiger charge is 2.42. The van der Waals surface area contributed by atoms with Gasteiger partial charge in [-0.1, -0.05) is 24.1 Å². The summed E-state index contributed by atoms with van der Waals surface area (Å²) >= 11 is 5.89. The fraction of sp³-hybridized carbons (Fsp3) is 0.588. The van der Waals surface area contributed by atoms with E-state index < -0.39 is 0 Å². The van der Waals surface area contributed by atoms with Crippen LogP contribution < -0.4 is 10.1 Å². The first kappa shape index (κ1) is 14.7. The Labute approximate surface area is 131 Å². The van der Waals surface area contributed by atoms with E-state index in [2.05, 4.69) is 12.2 Å². The molecule has 1 N–H and O–H groups in total. The molecule has 114 valence electrons. The molecule has 1 amide bonds. The fourth-order valence-electron chi connectivity index (χ4n) is 4.01. The summed E-state index contributed by atoms with van der Waals surface area (Å²) in [7, 11) is 0. The van der Waals surface area contributed by atoms with Crippen molar-refractivity contribution in [1.82, 2.24) is 5.32 Å². The SMILES string of the molecule is C[C@H](NC(=O)COc1cccc(Cl)c1)[C@H]1C[C@@H]2CC[C@@H]1C2. The molecule has 4 atom stereocenters. The van der Waals surface area contributed by atoms with E-state index in [0.717, 1.165) is 11.8 Å². The molecule has 0 aliphatic heterocycles. The van der Waals surface area contributed by atoms with Gasteiger partial charge in [-0.25, -0.2) is 0 Å². The van der Waals surface area contributed by atoms with Crippen molar-refractivity contribution >= 4 is 17.5 Å². The Morgan fingerprint density at radius 3 is 2.95 bits per heavy atom. The first-order valence-corrected chi connectivity index (χ1v) is 8.17. The third kappa shape index (κ3) is 3.52. The van der Waals surface area contributed by atoms with Gasteiger partial charge in [-0.2, -0.15) is 0 Å². The molecular formula is C17H22ClNO2. The zero-order valence-electron chi connectivity index (χ0n) is 12.3. The van der Waals surface area contributed by atoms with Gasteiger partial charge in [0, 0.05) is 11.1 Å². The van der Waals surface area contributed by atoms with Crippen molar-refractivity contribution in [1.29, 1.82) is 0 Å².